The van der Waals surface area contributed by atoms with Gasteiger partial charge in [0.2, 0.25) is 11.0 Å². The summed E-state index contributed by atoms with van der Waals surface area (Å²) in [5, 5.41) is 5.60. The first kappa shape index (κ1) is 32.4. The highest BCUT2D eigenvalue weighted by molar-refractivity contribution is 8.15. The van der Waals surface area contributed by atoms with E-state index in [9.17, 15) is 18.0 Å². The average molecular weight is 674 g/mol. The Morgan fingerprint density at radius 1 is 1.09 bits per heavy atom. The Bertz CT molecular complexity index is 1730. The van der Waals surface area contributed by atoms with Crippen molar-refractivity contribution < 1.29 is 22.7 Å². The van der Waals surface area contributed by atoms with Gasteiger partial charge in [-0.05, 0) is 72.6 Å². The zero-order chi connectivity index (χ0) is 32.3. The molecule has 0 bridgehead atoms. The van der Waals surface area contributed by atoms with Crippen LogP contribution in [0, 0.1) is 0 Å². The monoisotopic (exact) mass is 673 g/mol. The Hall–Kier alpha value is -3.98. The first-order valence-corrected chi connectivity index (χ1v) is 15.4. The van der Waals surface area contributed by atoms with E-state index in [4.69, 9.17) is 23.8 Å². The third kappa shape index (κ3) is 8.00. The molecule has 0 aliphatic carbocycles. The van der Waals surface area contributed by atoms with Crippen LogP contribution in [0.2, 0.25) is 5.02 Å². The summed E-state index contributed by atoms with van der Waals surface area (Å²) >= 11 is 13.0. The summed E-state index contributed by atoms with van der Waals surface area (Å²) in [7, 11) is 0. The minimum absolute atomic E-state index is 0.0973. The largest absolute Gasteiger partial charge is 0.573 e. The molecule has 4 aromatic rings. The Morgan fingerprint density at radius 3 is 2.47 bits per heavy atom. The first-order valence-electron chi connectivity index (χ1n) is 13.7. The number of ether oxygens (including phenoxy) is 1. The third-order valence-corrected chi connectivity index (χ3v) is 8.06. The molecule has 15 heteroatoms. The molecular weight excluding hydrogens is 647 g/mol. The third-order valence-electron chi connectivity index (χ3n) is 6.71. The van der Waals surface area contributed by atoms with Crippen molar-refractivity contribution in [1.82, 2.24) is 25.6 Å². The molecule has 45 heavy (non-hydrogen) atoms. The second-order valence-electron chi connectivity index (χ2n) is 10.2. The molecule has 1 saturated heterocycles. The number of alkyl halides is 3. The Kier molecular flexibility index (Phi) is 9.77. The van der Waals surface area contributed by atoms with Crippen molar-refractivity contribution in [3.63, 3.8) is 0 Å². The molecular formula is C30H27ClF3N7O2S2. The van der Waals surface area contributed by atoms with Gasteiger partial charge in [0.05, 0.1) is 17.1 Å². The molecule has 234 valence electrons. The number of nitrogens with one attached hydrogen (secondary N) is 2. The van der Waals surface area contributed by atoms with Crippen LogP contribution in [0.4, 0.5) is 18.9 Å². The van der Waals surface area contributed by atoms with Crippen molar-refractivity contribution in [2.75, 3.05) is 10.7 Å². The second-order valence-corrected chi connectivity index (χ2v) is 12.0. The molecule has 0 radical (unpaired) electrons. The number of thioether (sulfide) groups is 1. The highest BCUT2D eigenvalue weighted by Crippen LogP contribution is 2.35. The van der Waals surface area contributed by atoms with Crippen LogP contribution in [0.15, 0.2) is 78.0 Å². The van der Waals surface area contributed by atoms with E-state index < -0.39 is 6.36 Å². The van der Waals surface area contributed by atoms with E-state index in [0.717, 1.165) is 16.7 Å². The van der Waals surface area contributed by atoms with Crippen molar-refractivity contribution in [3.05, 3.63) is 89.2 Å². The summed E-state index contributed by atoms with van der Waals surface area (Å²) in [6, 6.07) is 18.2. The molecule has 1 aliphatic rings. The van der Waals surface area contributed by atoms with Crippen molar-refractivity contribution in [2.45, 2.75) is 39.1 Å². The van der Waals surface area contributed by atoms with Crippen LogP contribution in [0.1, 0.15) is 43.9 Å². The minimum Gasteiger partial charge on any atom is -0.406 e. The normalized spacial score (nSPS) is 15.2. The van der Waals surface area contributed by atoms with E-state index >= 15 is 0 Å². The fraction of sp³-hybridized carbons (Fsp3) is 0.233. The number of halogens is 4. The van der Waals surface area contributed by atoms with Crippen LogP contribution in [0.5, 0.6) is 5.75 Å². The molecule has 1 fully saturated rings. The number of hydrogen-bond donors (Lipinski definition) is 2. The van der Waals surface area contributed by atoms with E-state index in [2.05, 4.69) is 30.7 Å². The zero-order valence-electron chi connectivity index (χ0n) is 24.2. The summed E-state index contributed by atoms with van der Waals surface area (Å²) < 4.78 is 42.6. The number of rotatable bonds is 8. The van der Waals surface area contributed by atoms with Crippen LogP contribution in [0.3, 0.4) is 0 Å². The van der Waals surface area contributed by atoms with Crippen molar-refractivity contribution >= 4 is 57.5 Å². The second kappa shape index (κ2) is 13.6. The number of thiocarbonyl (C=S) groups is 1. The standard InChI is InChI=1S/C30H27ClF3N7O2S2/c1-17(2)24-13-8-21(31)14-25(24)41-26(42)15-45-29(41)36-28(44)38-37-18(3)19-4-6-20(7-5-19)27-35-16-40(39-27)22-9-11-23(12-10-22)43-30(32,33)34/h4-14,16-18,37H,15H2,1-3H3,(H,38,44)/b36-29-. The number of anilines is 1. The van der Waals surface area contributed by atoms with E-state index in [1.807, 2.05) is 51.1 Å². The molecule has 3 aromatic carbocycles. The number of aliphatic imine (C=N–C) groups is 1. The summed E-state index contributed by atoms with van der Waals surface area (Å²) in [5.41, 5.74) is 9.97. The van der Waals surface area contributed by atoms with Gasteiger partial charge in [0.15, 0.2) is 11.0 Å². The van der Waals surface area contributed by atoms with Gasteiger partial charge >= 0.3 is 6.36 Å². The van der Waals surface area contributed by atoms with Gasteiger partial charge in [-0.15, -0.1) is 18.3 Å². The Labute approximate surface area is 271 Å². The van der Waals surface area contributed by atoms with Gasteiger partial charge in [0.25, 0.3) is 0 Å². The number of nitrogens with zero attached hydrogens (tertiary/aromatic N) is 5. The van der Waals surface area contributed by atoms with Gasteiger partial charge in [-0.2, -0.15) is 4.99 Å². The van der Waals surface area contributed by atoms with E-state index in [1.165, 1.54) is 47.0 Å². The number of benzene rings is 3. The van der Waals surface area contributed by atoms with Crippen molar-refractivity contribution in [1.29, 1.82) is 0 Å². The van der Waals surface area contributed by atoms with Crippen molar-refractivity contribution in [2.24, 2.45) is 4.99 Å². The van der Waals surface area contributed by atoms with Crippen molar-refractivity contribution in [3.8, 4) is 22.8 Å². The van der Waals surface area contributed by atoms with Gasteiger partial charge in [-0.1, -0.05) is 67.5 Å². The summed E-state index contributed by atoms with van der Waals surface area (Å²) in [5.74, 6) is 0.448. The van der Waals surface area contributed by atoms with Gasteiger partial charge in [0.1, 0.15) is 12.1 Å². The lowest BCUT2D eigenvalue weighted by Gasteiger charge is -2.22. The molecule has 1 amide bonds. The van der Waals surface area contributed by atoms with Gasteiger partial charge in [0, 0.05) is 16.6 Å². The molecule has 1 atom stereocenters. The fourth-order valence-electron chi connectivity index (χ4n) is 4.49. The Morgan fingerprint density at radius 2 is 1.80 bits per heavy atom. The van der Waals surface area contributed by atoms with Gasteiger partial charge < -0.3 is 4.74 Å². The van der Waals surface area contributed by atoms with E-state index in [1.54, 1.807) is 17.0 Å². The number of hydrazine groups is 1. The molecule has 0 saturated carbocycles. The topological polar surface area (TPSA) is 96.7 Å². The number of amidine groups is 1. The maximum atomic E-state index is 12.8. The van der Waals surface area contributed by atoms with Crippen LogP contribution in [-0.4, -0.2) is 43.1 Å². The van der Waals surface area contributed by atoms with Gasteiger partial charge in [-0.25, -0.2) is 15.1 Å². The fourth-order valence-corrected chi connectivity index (χ4v) is 5.73. The minimum atomic E-state index is -4.76. The number of hydrogen-bond acceptors (Lipinski definition) is 7. The lowest BCUT2D eigenvalue weighted by molar-refractivity contribution is -0.274. The van der Waals surface area contributed by atoms with Crippen LogP contribution in [-0.2, 0) is 4.79 Å². The maximum absolute atomic E-state index is 12.8. The number of carbonyl (C=O) groups excluding carboxylic acids is 1. The maximum Gasteiger partial charge on any atom is 0.573 e. The summed E-state index contributed by atoms with van der Waals surface area (Å²) in [4.78, 5) is 23.2. The van der Waals surface area contributed by atoms with Crippen LogP contribution in [0.25, 0.3) is 17.1 Å². The highest BCUT2D eigenvalue weighted by atomic mass is 35.5. The van der Waals surface area contributed by atoms with Crippen LogP contribution < -0.4 is 20.5 Å². The zero-order valence-corrected chi connectivity index (χ0v) is 26.6. The molecule has 2 N–H and O–H groups in total. The molecule has 1 aliphatic heterocycles. The molecule has 2 heterocycles. The van der Waals surface area contributed by atoms with E-state index in [-0.39, 0.29) is 34.5 Å². The highest BCUT2D eigenvalue weighted by Gasteiger charge is 2.32. The quantitative estimate of drug-likeness (QED) is 0.150. The first-order chi connectivity index (χ1) is 21.4. The molecule has 1 unspecified atom stereocenters. The molecule has 0 spiro atoms. The smallest absolute Gasteiger partial charge is 0.406 e. The summed E-state index contributed by atoms with van der Waals surface area (Å²) in [6.07, 6.45) is -3.28. The average Bonchev–Trinajstić information content (AvgIpc) is 3.62. The van der Waals surface area contributed by atoms with Gasteiger partial charge in [-0.3, -0.25) is 15.1 Å². The Balaban J connectivity index is 1.20. The SMILES string of the molecule is CC(C)c1ccc(Cl)cc1N1C(=O)CS/C1=N\C(=S)NNC(C)c1ccc(-c2ncn(-c3ccc(OC(F)(F)F)cc3)n2)cc1. The molecule has 5 rings (SSSR count). The predicted octanol–water partition coefficient (Wildman–Crippen LogP) is 7.19. The predicted molar refractivity (Wildman–Crippen MR) is 174 cm³/mol. The number of amides is 1. The number of carbonyl (C=O) groups is 1. The van der Waals surface area contributed by atoms with E-state index in [0.29, 0.717) is 27.4 Å². The van der Waals surface area contributed by atoms with Crippen LogP contribution >= 0.6 is 35.6 Å². The lowest BCUT2D eigenvalue weighted by Crippen LogP contribution is -2.38. The summed E-state index contributed by atoms with van der Waals surface area (Å²) in [6.45, 7) is 6.04. The molecule has 9 nitrogen and oxygen atoms in total. The molecule has 1 aromatic heterocycles. The number of aromatic nitrogens is 3. The lowest BCUT2D eigenvalue weighted by atomic mass is 10.0.